The van der Waals surface area contributed by atoms with Gasteiger partial charge in [-0.25, -0.2) is 13.8 Å². The summed E-state index contributed by atoms with van der Waals surface area (Å²) in [6.07, 6.45) is -7.31. The van der Waals surface area contributed by atoms with Crippen LogP contribution in [0.15, 0.2) is 24.4 Å². The number of carbonyl (C=O) groups excluding carboxylic acids is 2. The van der Waals surface area contributed by atoms with E-state index in [1.54, 1.807) is 25.1 Å². The number of fused-ring (bicyclic) bond motifs is 1. The maximum absolute atomic E-state index is 14.0. The lowest BCUT2D eigenvalue weighted by atomic mass is 9.77. The van der Waals surface area contributed by atoms with E-state index < -0.39 is 98.3 Å². The van der Waals surface area contributed by atoms with E-state index in [-0.39, 0.29) is 24.4 Å². The molecule has 0 saturated heterocycles. The van der Waals surface area contributed by atoms with Crippen molar-refractivity contribution in [1.29, 1.82) is 0 Å². The monoisotopic (exact) mass is 667 g/mol. The van der Waals surface area contributed by atoms with Gasteiger partial charge in [-0.2, -0.15) is 30.7 Å². The molecule has 46 heavy (non-hydrogen) atoms. The second kappa shape index (κ2) is 12.1. The maximum Gasteiger partial charge on any atom is 0.389 e. The number of alkyl halides is 9. The SMILES string of the molecule is C[C@@H](NC(=O)CCC(F)(F)F)c1ccc2[nH]c([C@@H](NC(=O)c3cn(CC4CC(F)(F)C4(F)F)nn3)C3CCC(F)(F)CC3)nc2c1. The van der Waals surface area contributed by atoms with E-state index >= 15 is 0 Å². The third-order valence-corrected chi connectivity index (χ3v) is 8.53. The van der Waals surface area contributed by atoms with Crippen LogP contribution in [0.5, 0.6) is 0 Å². The highest BCUT2D eigenvalue weighted by Crippen LogP contribution is 2.55. The quantitative estimate of drug-likeness (QED) is 0.221. The first-order valence-corrected chi connectivity index (χ1v) is 14.5. The Labute approximate surface area is 255 Å². The van der Waals surface area contributed by atoms with E-state index in [1.165, 1.54) is 0 Å². The highest BCUT2D eigenvalue weighted by Gasteiger charge is 2.71. The van der Waals surface area contributed by atoms with Gasteiger partial charge in [0.05, 0.1) is 48.2 Å². The molecule has 3 N–H and O–H groups in total. The van der Waals surface area contributed by atoms with Gasteiger partial charge in [-0.1, -0.05) is 11.3 Å². The topological polar surface area (TPSA) is 118 Å². The van der Waals surface area contributed by atoms with E-state index in [2.05, 4.69) is 30.9 Å². The molecule has 18 heteroatoms. The van der Waals surface area contributed by atoms with Crippen molar-refractivity contribution in [3.63, 3.8) is 0 Å². The number of nitrogens with one attached hydrogen (secondary N) is 3. The van der Waals surface area contributed by atoms with Gasteiger partial charge in [-0.05, 0) is 43.4 Å². The number of aromatic nitrogens is 5. The van der Waals surface area contributed by atoms with Gasteiger partial charge in [0.15, 0.2) is 5.69 Å². The van der Waals surface area contributed by atoms with Crippen molar-refractivity contribution >= 4 is 22.8 Å². The van der Waals surface area contributed by atoms with E-state index in [9.17, 15) is 49.1 Å². The molecule has 2 amide bonds. The van der Waals surface area contributed by atoms with Gasteiger partial charge in [-0.15, -0.1) is 5.10 Å². The summed E-state index contributed by atoms with van der Waals surface area (Å²) < 4.78 is 120. The molecule has 9 nitrogen and oxygen atoms in total. The van der Waals surface area contributed by atoms with Crippen LogP contribution in [0.1, 0.15) is 85.8 Å². The average Bonchev–Trinajstić information content (AvgIpc) is 3.61. The zero-order chi connectivity index (χ0) is 33.7. The van der Waals surface area contributed by atoms with Crippen molar-refractivity contribution in [2.75, 3.05) is 0 Å². The van der Waals surface area contributed by atoms with Gasteiger partial charge in [0.25, 0.3) is 5.91 Å². The second-order valence-corrected chi connectivity index (χ2v) is 12.0. The van der Waals surface area contributed by atoms with Crippen molar-refractivity contribution in [3.8, 4) is 0 Å². The van der Waals surface area contributed by atoms with Gasteiger partial charge < -0.3 is 15.6 Å². The molecule has 3 atom stereocenters. The number of rotatable bonds is 10. The van der Waals surface area contributed by atoms with Crippen LogP contribution in [0.3, 0.4) is 0 Å². The number of imidazole rings is 1. The lowest BCUT2D eigenvalue weighted by Gasteiger charge is -2.43. The number of benzene rings is 1. The summed E-state index contributed by atoms with van der Waals surface area (Å²) >= 11 is 0. The molecule has 2 heterocycles. The van der Waals surface area contributed by atoms with Crippen LogP contribution in [-0.4, -0.2) is 60.7 Å². The number of H-pyrrole nitrogens is 1. The Morgan fingerprint density at radius 2 is 1.78 bits per heavy atom. The first kappa shape index (κ1) is 33.5. The van der Waals surface area contributed by atoms with Crippen LogP contribution in [0.25, 0.3) is 11.0 Å². The fourth-order valence-electron chi connectivity index (χ4n) is 5.77. The molecule has 2 aliphatic rings. The summed E-state index contributed by atoms with van der Waals surface area (Å²) in [6.45, 7) is 0.980. The number of carbonyl (C=O) groups is 2. The number of aromatic amines is 1. The third-order valence-electron chi connectivity index (χ3n) is 8.53. The second-order valence-electron chi connectivity index (χ2n) is 12.0. The fourth-order valence-corrected chi connectivity index (χ4v) is 5.77. The summed E-state index contributed by atoms with van der Waals surface area (Å²) in [5.41, 5.74) is 1.07. The van der Waals surface area contributed by atoms with Crippen LogP contribution >= 0.6 is 0 Å². The molecule has 0 spiro atoms. The molecule has 0 bridgehead atoms. The molecule has 0 aliphatic heterocycles. The van der Waals surface area contributed by atoms with Crippen molar-refractivity contribution in [3.05, 3.63) is 41.5 Å². The Morgan fingerprint density at radius 1 is 1.09 bits per heavy atom. The smallest absolute Gasteiger partial charge is 0.350 e. The lowest BCUT2D eigenvalue weighted by Crippen LogP contribution is -2.59. The van der Waals surface area contributed by atoms with Gasteiger partial charge in [0, 0.05) is 25.7 Å². The average molecular weight is 668 g/mol. The molecule has 2 fully saturated rings. The standard InChI is InChI=1S/C28H30F9N7O2/c1-14(38-21(45)6-9-27(33,34)35)16-2-3-18-19(10-16)40-23(39-18)22(15-4-7-25(29,30)8-5-15)41-24(46)20-13-44(43-42-20)12-17-11-26(31,32)28(17,36)37/h2-3,10,13-15,17,22H,4-9,11-12H2,1H3,(H,38,45)(H,39,40)(H,41,46)/t14-,17?,22+/m1/s1. The lowest BCUT2D eigenvalue weighted by molar-refractivity contribution is -0.316. The van der Waals surface area contributed by atoms with E-state index in [4.69, 9.17) is 0 Å². The van der Waals surface area contributed by atoms with Gasteiger partial charge >= 0.3 is 18.0 Å². The highest BCUT2D eigenvalue weighted by atomic mass is 19.4. The van der Waals surface area contributed by atoms with E-state index in [0.717, 1.165) is 10.9 Å². The molecule has 2 aromatic heterocycles. The number of hydrogen-bond donors (Lipinski definition) is 3. The van der Waals surface area contributed by atoms with Crippen LogP contribution in [-0.2, 0) is 11.3 Å². The maximum atomic E-state index is 14.0. The molecule has 2 saturated carbocycles. The van der Waals surface area contributed by atoms with Crippen LogP contribution in [0, 0.1) is 11.8 Å². The number of hydrogen-bond acceptors (Lipinski definition) is 5. The van der Waals surface area contributed by atoms with Crippen molar-refractivity contribution in [1.82, 2.24) is 35.6 Å². The van der Waals surface area contributed by atoms with Crippen molar-refractivity contribution < 1.29 is 49.1 Å². The molecular formula is C28H30F9N7O2. The Hall–Kier alpha value is -3.86. The summed E-state index contributed by atoms with van der Waals surface area (Å²) in [5.74, 6) is -14.8. The van der Waals surface area contributed by atoms with Crippen LogP contribution in [0.2, 0.25) is 0 Å². The third kappa shape index (κ3) is 7.24. The zero-order valence-corrected chi connectivity index (χ0v) is 24.3. The van der Waals surface area contributed by atoms with Crippen LogP contribution in [0.4, 0.5) is 39.5 Å². The Balaban J connectivity index is 1.32. The molecule has 1 unspecified atom stereocenters. The number of halogens is 9. The molecule has 2 aliphatic carbocycles. The molecule has 1 aromatic carbocycles. The number of amides is 2. The Kier molecular flexibility index (Phi) is 8.78. The Morgan fingerprint density at radius 3 is 2.41 bits per heavy atom. The molecule has 252 valence electrons. The van der Waals surface area contributed by atoms with Crippen molar-refractivity contribution in [2.24, 2.45) is 11.8 Å². The predicted molar refractivity (Wildman–Crippen MR) is 143 cm³/mol. The first-order valence-electron chi connectivity index (χ1n) is 14.5. The van der Waals surface area contributed by atoms with Gasteiger partial charge in [-0.3, -0.25) is 14.3 Å². The molecule has 5 rings (SSSR count). The first-order chi connectivity index (χ1) is 21.3. The minimum absolute atomic E-state index is 0.0267. The molecule has 0 radical (unpaired) electrons. The number of nitrogens with zero attached hydrogens (tertiary/aromatic N) is 4. The minimum atomic E-state index is -4.48. The van der Waals surface area contributed by atoms with Gasteiger partial charge in [0.1, 0.15) is 5.82 Å². The van der Waals surface area contributed by atoms with E-state index in [0.29, 0.717) is 16.6 Å². The Bertz CT molecular complexity index is 1580. The molecule has 3 aromatic rings. The fraction of sp³-hybridized carbons (Fsp3) is 0.607. The summed E-state index contributed by atoms with van der Waals surface area (Å²) in [5, 5.41) is 12.5. The largest absolute Gasteiger partial charge is 0.389 e. The van der Waals surface area contributed by atoms with Crippen molar-refractivity contribution in [2.45, 2.75) is 94.4 Å². The van der Waals surface area contributed by atoms with E-state index in [1.807, 2.05) is 0 Å². The highest BCUT2D eigenvalue weighted by molar-refractivity contribution is 5.92. The normalized spacial score (nSPS) is 22.2. The zero-order valence-electron chi connectivity index (χ0n) is 24.3. The summed E-state index contributed by atoms with van der Waals surface area (Å²) in [7, 11) is 0. The molecular weight excluding hydrogens is 637 g/mol. The summed E-state index contributed by atoms with van der Waals surface area (Å²) in [4.78, 5) is 32.8. The van der Waals surface area contributed by atoms with Crippen LogP contribution < -0.4 is 10.6 Å². The van der Waals surface area contributed by atoms with Gasteiger partial charge in [0.2, 0.25) is 11.8 Å². The predicted octanol–water partition coefficient (Wildman–Crippen LogP) is 6.26. The summed E-state index contributed by atoms with van der Waals surface area (Å²) in [6, 6.07) is 3.21. The minimum Gasteiger partial charge on any atom is -0.350 e.